The van der Waals surface area contributed by atoms with Crippen molar-refractivity contribution in [3.63, 3.8) is 0 Å². The van der Waals surface area contributed by atoms with E-state index in [2.05, 4.69) is 9.97 Å². The molecule has 20 heavy (non-hydrogen) atoms. The normalized spacial score (nSPS) is 14.8. The zero-order valence-electron chi connectivity index (χ0n) is 10.8. The number of rotatable bonds is 0. The number of fused-ring (bicyclic) bond motifs is 2. The Hall–Kier alpha value is -2.50. The van der Waals surface area contributed by atoms with Crippen molar-refractivity contribution in [1.29, 1.82) is 0 Å². The molecule has 0 atom stereocenters. The Morgan fingerprint density at radius 1 is 0.750 bits per heavy atom. The van der Waals surface area contributed by atoms with E-state index in [-0.39, 0.29) is 0 Å². The molecule has 2 aromatic heterocycles. The van der Waals surface area contributed by atoms with Gasteiger partial charge in [0, 0.05) is 18.5 Å². The van der Waals surface area contributed by atoms with Crippen LogP contribution < -0.4 is 18.9 Å². The summed E-state index contributed by atoms with van der Waals surface area (Å²) in [6.45, 7) is 2.48. The molecule has 0 N–H and O–H groups in total. The first-order valence-corrected chi connectivity index (χ1v) is 6.34. The summed E-state index contributed by atoms with van der Waals surface area (Å²) in [7, 11) is 0. The fourth-order valence-electron chi connectivity index (χ4n) is 1.78. The summed E-state index contributed by atoms with van der Waals surface area (Å²) >= 11 is 0. The zero-order chi connectivity index (χ0) is 13.6. The van der Waals surface area contributed by atoms with Crippen LogP contribution in [0.1, 0.15) is 0 Å². The first-order valence-electron chi connectivity index (χ1n) is 6.34. The molecule has 0 radical (unpaired) electrons. The Bertz CT molecular complexity index is 475. The Labute approximate surface area is 116 Å². The van der Waals surface area contributed by atoms with Gasteiger partial charge in [0.1, 0.15) is 26.4 Å². The van der Waals surface area contributed by atoms with E-state index in [1.165, 1.54) is 0 Å². The van der Waals surface area contributed by atoms with Crippen LogP contribution in [-0.4, -0.2) is 36.4 Å². The van der Waals surface area contributed by atoms with Crippen LogP contribution in [0.2, 0.25) is 0 Å². The number of ether oxygens (including phenoxy) is 4. The predicted octanol–water partition coefficient (Wildman–Crippen LogP) is 1.71. The highest BCUT2D eigenvalue weighted by atomic mass is 16.6. The van der Waals surface area contributed by atoms with Crippen molar-refractivity contribution in [2.24, 2.45) is 0 Å². The summed E-state index contributed by atoms with van der Waals surface area (Å²) in [5.41, 5.74) is 0. The number of hydrogen-bond donors (Lipinski definition) is 0. The number of nitrogens with zero attached hydrogens (tertiary/aromatic N) is 2. The van der Waals surface area contributed by atoms with Crippen LogP contribution in [0.15, 0.2) is 36.8 Å². The van der Waals surface area contributed by atoms with E-state index in [1.54, 1.807) is 24.7 Å². The molecule has 0 amide bonds. The summed E-state index contributed by atoms with van der Waals surface area (Å²) in [5.74, 6) is 2.89. The molecule has 0 aliphatic carbocycles. The van der Waals surface area contributed by atoms with Gasteiger partial charge in [-0.15, -0.1) is 0 Å². The summed E-state index contributed by atoms with van der Waals surface area (Å²) < 4.78 is 20.9. The summed E-state index contributed by atoms with van der Waals surface area (Å²) in [4.78, 5) is 7.87. The molecule has 0 fully saturated rings. The minimum absolute atomic E-state index is 0.601. The van der Waals surface area contributed by atoms with Crippen molar-refractivity contribution in [1.82, 2.24) is 9.97 Å². The van der Waals surface area contributed by atoms with Gasteiger partial charge in [0.15, 0.2) is 17.2 Å². The van der Waals surface area contributed by atoms with E-state index >= 15 is 0 Å². The molecule has 2 aliphatic heterocycles. The molecule has 6 heteroatoms. The van der Waals surface area contributed by atoms with Crippen LogP contribution in [0.3, 0.4) is 0 Å². The van der Waals surface area contributed by atoms with E-state index in [0.717, 1.165) is 17.2 Å². The Morgan fingerprint density at radius 3 is 2.30 bits per heavy atom. The average Bonchev–Trinajstić information content (AvgIpc) is 2.56. The SMILES string of the molecule is c1cc2c(cn1)OCCO2.c1cnc2c(c1)OCCO2. The van der Waals surface area contributed by atoms with Gasteiger partial charge in [0.2, 0.25) is 0 Å². The second-order valence-corrected chi connectivity index (χ2v) is 4.02. The lowest BCUT2D eigenvalue weighted by Gasteiger charge is -2.16. The van der Waals surface area contributed by atoms with Gasteiger partial charge < -0.3 is 18.9 Å². The quantitative estimate of drug-likeness (QED) is 0.728. The molecular weight excluding hydrogens is 260 g/mol. The molecule has 0 unspecified atom stereocenters. The van der Waals surface area contributed by atoms with Gasteiger partial charge in [0.25, 0.3) is 5.88 Å². The Kier molecular flexibility index (Phi) is 3.82. The molecule has 2 aliphatic rings. The highest BCUT2D eigenvalue weighted by Gasteiger charge is 2.10. The molecule has 0 spiro atoms. The molecular formula is C14H14N2O4. The highest BCUT2D eigenvalue weighted by Crippen LogP contribution is 2.27. The van der Waals surface area contributed by atoms with Crippen LogP contribution in [0.5, 0.6) is 23.1 Å². The minimum Gasteiger partial charge on any atom is -0.486 e. The Morgan fingerprint density at radius 2 is 1.50 bits per heavy atom. The van der Waals surface area contributed by atoms with E-state index in [4.69, 9.17) is 18.9 Å². The lowest BCUT2D eigenvalue weighted by Crippen LogP contribution is -2.15. The van der Waals surface area contributed by atoms with Crippen molar-refractivity contribution < 1.29 is 18.9 Å². The van der Waals surface area contributed by atoms with Crippen molar-refractivity contribution in [3.8, 4) is 23.1 Å². The molecule has 4 heterocycles. The molecule has 0 saturated carbocycles. The summed E-state index contributed by atoms with van der Waals surface area (Å²) in [5, 5.41) is 0. The van der Waals surface area contributed by atoms with E-state index in [9.17, 15) is 0 Å². The van der Waals surface area contributed by atoms with Crippen LogP contribution in [-0.2, 0) is 0 Å². The zero-order valence-corrected chi connectivity index (χ0v) is 10.8. The maximum atomic E-state index is 5.26. The van der Waals surface area contributed by atoms with Crippen LogP contribution >= 0.6 is 0 Å². The highest BCUT2D eigenvalue weighted by molar-refractivity contribution is 5.37. The maximum absolute atomic E-state index is 5.26. The minimum atomic E-state index is 0.601. The molecule has 0 aromatic carbocycles. The van der Waals surface area contributed by atoms with Gasteiger partial charge in [-0.1, -0.05) is 0 Å². The summed E-state index contributed by atoms with van der Waals surface area (Å²) in [6, 6.07) is 5.48. The van der Waals surface area contributed by atoms with Gasteiger partial charge in [-0.2, -0.15) is 0 Å². The second-order valence-electron chi connectivity index (χ2n) is 4.02. The molecule has 104 valence electrons. The van der Waals surface area contributed by atoms with E-state index in [1.807, 2.05) is 12.1 Å². The monoisotopic (exact) mass is 274 g/mol. The third-order valence-electron chi connectivity index (χ3n) is 2.66. The topological polar surface area (TPSA) is 62.7 Å². The maximum Gasteiger partial charge on any atom is 0.257 e. The predicted molar refractivity (Wildman–Crippen MR) is 70.5 cm³/mol. The Balaban J connectivity index is 0.000000121. The standard InChI is InChI=1S/2C7H7NO2/c1-2-8-5-7-6(1)9-3-4-10-7;1-2-6-7(8-3-1)10-5-4-9-6/h1-2,5H,3-4H2;1-3H,4-5H2. The molecule has 0 bridgehead atoms. The fourth-order valence-corrected chi connectivity index (χ4v) is 1.78. The number of hydrogen-bond acceptors (Lipinski definition) is 6. The molecule has 0 saturated heterocycles. The van der Waals surface area contributed by atoms with Crippen molar-refractivity contribution >= 4 is 0 Å². The van der Waals surface area contributed by atoms with Gasteiger partial charge >= 0.3 is 0 Å². The molecule has 2 aromatic rings. The van der Waals surface area contributed by atoms with E-state index in [0.29, 0.717) is 32.3 Å². The number of pyridine rings is 2. The van der Waals surface area contributed by atoms with Crippen LogP contribution in [0, 0.1) is 0 Å². The molecule has 4 rings (SSSR count). The van der Waals surface area contributed by atoms with Crippen molar-refractivity contribution in [2.75, 3.05) is 26.4 Å². The average molecular weight is 274 g/mol. The first-order chi connectivity index (χ1) is 9.93. The third kappa shape index (κ3) is 2.90. The third-order valence-corrected chi connectivity index (χ3v) is 2.66. The van der Waals surface area contributed by atoms with Crippen molar-refractivity contribution in [2.45, 2.75) is 0 Å². The van der Waals surface area contributed by atoms with Crippen LogP contribution in [0.4, 0.5) is 0 Å². The van der Waals surface area contributed by atoms with Gasteiger partial charge in [0.05, 0.1) is 6.20 Å². The largest absolute Gasteiger partial charge is 0.486 e. The molecule has 6 nitrogen and oxygen atoms in total. The number of aromatic nitrogens is 2. The first kappa shape index (κ1) is 12.5. The fraction of sp³-hybridized carbons (Fsp3) is 0.286. The van der Waals surface area contributed by atoms with Crippen molar-refractivity contribution in [3.05, 3.63) is 36.8 Å². The van der Waals surface area contributed by atoms with Gasteiger partial charge in [-0.25, -0.2) is 4.98 Å². The second kappa shape index (κ2) is 6.10. The smallest absolute Gasteiger partial charge is 0.257 e. The lowest BCUT2D eigenvalue weighted by molar-refractivity contribution is 0.164. The summed E-state index contributed by atoms with van der Waals surface area (Å²) in [6.07, 6.45) is 5.04. The van der Waals surface area contributed by atoms with Gasteiger partial charge in [-0.05, 0) is 12.1 Å². The van der Waals surface area contributed by atoms with Gasteiger partial charge in [-0.3, -0.25) is 4.98 Å². The van der Waals surface area contributed by atoms with Crippen LogP contribution in [0.25, 0.3) is 0 Å². The lowest BCUT2D eigenvalue weighted by atomic mass is 10.4. The van der Waals surface area contributed by atoms with E-state index < -0.39 is 0 Å².